The number of ether oxygens (including phenoxy) is 2. The van der Waals surface area contributed by atoms with E-state index in [1.165, 1.54) is 109 Å². The number of unbranched alkanes of at least 4 members (excludes halogenated alkanes) is 15. The van der Waals surface area contributed by atoms with E-state index in [2.05, 4.69) is 12.6 Å². The minimum atomic E-state index is -0.821. The number of methoxy groups -OCH3 is 2. The Hall–Kier alpha value is 0.447. The van der Waals surface area contributed by atoms with Gasteiger partial charge < -0.3 is 13.9 Å². The summed E-state index contributed by atoms with van der Waals surface area (Å²) in [7, 11) is 2.73. The fourth-order valence-corrected chi connectivity index (χ4v) is 4.86. The predicted molar refractivity (Wildman–Crippen MR) is 125 cm³/mol. The molecule has 0 radical (unpaired) electrons. The monoisotopic (exact) mass is 420 g/mol. The van der Waals surface area contributed by atoms with Crippen LogP contribution in [0, 0.1) is 0 Å². The zero-order chi connectivity index (χ0) is 20.1. The van der Waals surface area contributed by atoms with E-state index in [1.54, 1.807) is 14.2 Å². The standard InChI is InChI=1S/C22H48O3SSi/c1-22(23-2,24-3)25-27-21-19-17-15-13-11-9-7-5-4-6-8-10-12-14-16-18-20-26/h26H,4-21,27H2,1-3H3. The van der Waals surface area contributed by atoms with Crippen LogP contribution in [-0.4, -0.2) is 35.7 Å². The molecule has 0 aromatic carbocycles. The Bertz CT molecular complexity index is 289. The molecule has 5 heteroatoms. The van der Waals surface area contributed by atoms with Crippen molar-refractivity contribution >= 4 is 22.4 Å². The van der Waals surface area contributed by atoms with Gasteiger partial charge in [-0.05, 0) is 18.2 Å². The number of hydrogen-bond acceptors (Lipinski definition) is 4. The molecule has 0 fully saturated rings. The molecule has 0 bridgehead atoms. The van der Waals surface area contributed by atoms with E-state index in [-0.39, 0.29) is 0 Å². The van der Waals surface area contributed by atoms with Crippen molar-refractivity contribution in [3.63, 3.8) is 0 Å². The molecule has 0 saturated heterocycles. The third kappa shape index (κ3) is 19.5. The first-order chi connectivity index (χ1) is 13.2. The maximum atomic E-state index is 5.75. The summed E-state index contributed by atoms with van der Waals surface area (Å²) in [6.45, 7) is 1.84. The molecule has 0 amide bonds. The predicted octanol–water partition coefficient (Wildman–Crippen LogP) is 6.64. The van der Waals surface area contributed by atoms with Gasteiger partial charge in [-0.1, -0.05) is 96.3 Å². The largest absolute Gasteiger partial charge is 0.376 e. The van der Waals surface area contributed by atoms with Gasteiger partial charge in [-0.2, -0.15) is 12.6 Å². The lowest BCUT2D eigenvalue weighted by atomic mass is 10.0. The molecular weight excluding hydrogens is 372 g/mol. The number of thiol groups is 1. The average Bonchev–Trinajstić information content (AvgIpc) is 2.69. The first-order valence-corrected chi connectivity index (χ1v) is 13.7. The van der Waals surface area contributed by atoms with Gasteiger partial charge in [-0.15, -0.1) is 0 Å². The maximum Gasteiger partial charge on any atom is 0.269 e. The van der Waals surface area contributed by atoms with Crippen molar-refractivity contribution in [2.75, 3.05) is 20.0 Å². The third-order valence-corrected chi connectivity index (χ3v) is 7.24. The van der Waals surface area contributed by atoms with E-state index in [4.69, 9.17) is 13.9 Å². The van der Waals surface area contributed by atoms with Crippen molar-refractivity contribution in [1.82, 2.24) is 0 Å². The Morgan fingerprint density at radius 3 is 1.26 bits per heavy atom. The Balaban J connectivity index is 3.11. The summed E-state index contributed by atoms with van der Waals surface area (Å²) < 4.78 is 16.2. The van der Waals surface area contributed by atoms with Gasteiger partial charge in [0.05, 0.1) is 0 Å². The lowest BCUT2D eigenvalue weighted by Gasteiger charge is -2.26. The van der Waals surface area contributed by atoms with Crippen LogP contribution in [0.5, 0.6) is 0 Å². The van der Waals surface area contributed by atoms with Crippen LogP contribution >= 0.6 is 12.6 Å². The van der Waals surface area contributed by atoms with Crippen LogP contribution in [0.1, 0.15) is 110 Å². The lowest BCUT2D eigenvalue weighted by molar-refractivity contribution is -0.310. The second-order valence-electron chi connectivity index (χ2n) is 7.85. The Kier molecular flexibility index (Phi) is 21.5. The van der Waals surface area contributed by atoms with Crippen LogP contribution in [0.15, 0.2) is 0 Å². The maximum absolute atomic E-state index is 5.75. The summed E-state index contributed by atoms with van der Waals surface area (Å²) in [5.41, 5.74) is 0. The second kappa shape index (κ2) is 21.2. The molecule has 0 heterocycles. The van der Waals surface area contributed by atoms with Crippen molar-refractivity contribution in [3.8, 4) is 0 Å². The van der Waals surface area contributed by atoms with Gasteiger partial charge in [0.2, 0.25) is 0 Å². The first kappa shape index (κ1) is 27.4. The van der Waals surface area contributed by atoms with Crippen LogP contribution in [0.25, 0.3) is 0 Å². The zero-order valence-electron chi connectivity index (χ0n) is 18.6. The van der Waals surface area contributed by atoms with Gasteiger partial charge in [0.15, 0.2) is 9.76 Å². The smallest absolute Gasteiger partial charge is 0.269 e. The summed E-state index contributed by atoms with van der Waals surface area (Å²) in [6, 6.07) is 1.22. The van der Waals surface area contributed by atoms with Gasteiger partial charge in [-0.25, -0.2) is 0 Å². The van der Waals surface area contributed by atoms with Gasteiger partial charge in [-0.3, -0.25) is 0 Å². The Morgan fingerprint density at radius 1 is 0.593 bits per heavy atom. The van der Waals surface area contributed by atoms with E-state index >= 15 is 0 Å². The normalized spacial score (nSPS) is 12.4. The van der Waals surface area contributed by atoms with Crippen LogP contribution < -0.4 is 0 Å². The summed E-state index contributed by atoms with van der Waals surface area (Å²) in [4.78, 5) is 0. The highest BCUT2D eigenvalue weighted by Crippen LogP contribution is 2.15. The van der Waals surface area contributed by atoms with Gasteiger partial charge in [0.1, 0.15) is 0 Å². The highest BCUT2D eigenvalue weighted by atomic mass is 32.1. The molecule has 0 aliphatic carbocycles. The molecule has 0 aliphatic heterocycles. The minimum Gasteiger partial charge on any atom is -0.376 e. The Morgan fingerprint density at radius 2 is 0.926 bits per heavy atom. The van der Waals surface area contributed by atoms with E-state index in [1.807, 2.05) is 6.92 Å². The molecule has 0 spiro atoms. The summed E-state index contributed by atoms with van der Waals surface area (Å²) >= 11 is 4.26. The van der Waals surface area contributed by atoms with E-state index in [0.717, 1.165) is 5.75 Å². The fourth-order valence-electron chi connectivity index (χ4n) is 3.32. The number of rotatable bonds is 22. The third-order valence-electron chi connectivity index (χ3n) is 5.41. The second-order valence-corrected chi connectivity index (χ2v) is 9.70. The van der Waals surface area contributed by atoms with Crippen molar-refractivity contribution in [2.24, 2.45) is 0 Å². The summed E-state index contributed by atoms with van der Waals surface area (Å²) in [5.74, 6) is 0.234. The number of hydrogen-bond donors (Lipinski definition) is 1. The summed E-state index contributed by atoms with van der Waals surface area (Å²) in [5, 5.41) is 0. The molecule has 0 aliphatic rings. The molecule has 164 valence electrons. The molecule has 3 nitrogen and oxygen atoms in total. The van der Waals surface area contributed by atoms with Crippen LogP contribution in [0.2, 0.25) is 6.04 Å². The molecule has 0 aromatic rings. The van der Waals surface area contributed by atoms with Gasteiger partial charge in [0.25, 0.3) is 5.97 Å². The van der Waals surface area contributed by atoms with E-state index in [9.17, 15) is 0 Å². The zero-order valence-corrected chi connectivity index (χ0v) is 20.9. The SMILES string of the molecule is COC(C)(OC)O[SiH2]CCCCCCCCCCCCCCCCCCS. The van der Waals surface area contributed by atoms with Crippen LogP contribution in [0.4, 0.5) is 0 Å². The molecule has 27 heavy (non-hydrogen) atoms. The molecule has 0 aromatic heterocycles. The molecule has 0 unspecified atom stereocenters. The average molecular weight is 421 g/mol. The Labute approximate surface area is 178 Å². The first-order valence-electron chi connectivity index (χ1n) is 11.5. The highest BCUT2D eigenvalue weighted by molar-refractivity contribution is 7.80. The van der Waals surface area contributed by atoms with Crippen molar-refractivity contribution in [1.29, 1.82) is 0 Å². The molecule has 0 N–H and O–H groups in total. The molecule has 0 atom stereocenters. The minimum absolute atomic E-state index is 0.534. The highest BCUT2D eigenvalue weighted by Gasteiger charge is 2.22. The topological polar surface area (TPSA) is 27.7 Å². The summed E-state index contributed by atoms with van der Waals surface area (Å²) in [6.07, 6.45) is 22.5. The fraction of sp³-hybridized carbons (Fsp3) is 1.00. The molecule has 0 saturated carbocycles. The van der Waals surface area contributed by atoms with Gasteiger partial charge >= 0.3 is 0 Å². The van der Waals surface area contributed by atoms with Crippen LogP contribution in [-0.2, 0) is 13.9 Å². The van der Waals surface area contributed by atoms with Crippen molar-refractivity contribution in [2.45, 2.75) is 122 Å². The lowest BCUT2D eigenvalue weighted by Crippen LogP contribution is -2.34. The van der Waals surface area contributed by atoms with E-state index < -0.39 is 15.7 Å². The quantitative estimate of drug-likeness (QED) is 0.0920. The molecule has 0 rings (SSSR count). The van der Waals surface area contributed by atoms with Crippen molar-refractivity contribution < 1.29 is 13.9 Å². The molecular formula is C22H48O3SSi. The van der Waals surface area contributed by atoms with E-state index in [0.29, 0.717) is 0 Å². The van der Waals surface area contributed by atoms with Gasteiger partial charge in [0, 0.05) is 21.1 Å². The van der Waals surface area contributed by atoms with Crippen molar-refractivity contribution in [3.05, 3.63) is 0 Å². The van der Waals surface area contributed by atoms with Crippen LogP contribution in [0.3, 0.4) is 0 Å².